The van der Waals surface area contributed by atoms with Crippen LogP contribution in [0.15, 0.2) is 70.6 Å². The summed E-state index contributed by atoms with van der Waals surface area (Å²) in [6, 6.07) is 12.1. The maximum atomic E-state index is 14.4. The fourth-order valence-electron chi connectivity index (χ4n) is 4.71. The summed E-state index contributed by atoms with van der Waals surface area (Å²) in [5, 5.41) is 2.95. The Hall–Kier alpha value is -4.82. The van der Waals surface area contributed by atoms with Crippen LogP contribution in [0, 0.1) is 12.7 Å². The van der Waals surface area contributed by atoms with Gasteiger partial charge in [-0.1, -0.05) is 18.2 Å². The number of nitrogens with zero attached hydrogens (tertiary/aromatic N) is 2. The van der Waals surface area contributed by atoms with E-state index in [1.165, 1.54) is 31.2 Å². The predicted octanol–water partition coefficient (Wildman–Crippen LogP) is 3.13. The second-order valence-electron chi connectivity index (χ2n) is 10.3. The average molecular weight is 655 g/mol. The molecule has 0 fully saturated rings. The van der Waals surface area contributed by atoms with Crippen LogP contribution in [0.4, 0.5) is 4.39 Å². The number of carbonyl (C=O) groups excluding carboxylic acids is 2. The first-order chi connectivity index (χ1) is 22.0. The lowest BCUT2D eigenvalue weighted by Gasteiger charge is -2.18. The van der Waals surface area contributed by atoms with E-state index >= 15 is 0 Å². The summed E-state index contributed by atoms with van der Waals surface area (Å²) in [4.78, 5) is 42.1. The highest BCUT2D eigenvalue weighted by Gasteiger charge is 2.29. The molecule has 0 spiro atoms. The van der Waals surface area contributed by atoms with Crippen molar-refractivity contribution < 1.29 is 36.6 Å². The van der Waals surface area contributed by atoms with Crippen LogP contribution in [0.2, 0.25) is 0 Å². The number of aromatic nitrogens is 2. The van der Waals surface area contributed by atoms with E-state index in [4.69, 9.17) is 14.2 Å². The zero-order chi connectivity index (χ0) is 33.4. The van der Waals surface area contributed by atoms with E-state index < -0.39 is 45.2 Å². The number of benzene rings is 3. The molecule has 46 heavy (non-hydrogen) atoms. The quantitative estimate of drug-likeness (QED) is 0.195. The number of aryl methyl sites for hydroxylation is 3. The first kappa shape index (κ1) is 34.1. The molecule has 1 heterocycles. The average Bonchev–Trinajstić information content (AvgIpc) is 3.03. The smallest absolute Gasteiger partial charge is 0.326 e. The third-order valence-corrected chi connectivity index (χ3v) is 8.63. The molecule has 12 nitrogen and oxygen atoms in total. The van der Waals surface area contributed by atoms with Gasteiger partial charge >= 0.3 is 5.97 Å². The molecular weight excluding hydrogens is 619 g/mol. The lowest BCUT2D eigenvalue weighted by molar-refractivity contribution is -0.144. The number of carbonyl (C=O) groups is 2. The topological polar surface area (TPSA) is 155 Å². The Bertz CT molecular complexity index is 1900. The van der Waals surface area contributed by atoms with Crippen LogP contribution in [-0.2, 0) is 32.5 Å². The first-order valence-electron chi connectivity index (χ1n) is 14.4. The number of methoxy groups -OCH3 is 2. The highest BCUT2D eigenvalue weighted by Crippen LogP contribution is 2.29. The predicted molar refractivity (Wildman–Crippen MR) is 168 cm³/mol. The number of esters is 1. The van der Waals surface area contributed by atoms with Crippen LogP contribution in [-0.4, -0.2) is 63.3 Å². The van der Waals surface area contributed by atoms with E-state index in [1.807, 2.05) is 0 Å². The van der Waals surface area contributed by atoms with Gasteiger partial charge in [-0.15, -0.1) is 0 Å². The van der Waals surface area contributed by atoms with E-state index in [2.05, 4.69) is 15.0 Å². The van der Waals surface area contributed by atoms with Gasteiger partial charge in [-0.3, -0.25) is 19.0 Å². The van der Waals surface area contributed by atoms with Crippen LogP contribution >= 0.6 is 0 Å². The summed E-state index contributed by atoms with van der Waals surface area (Å²) in [5.41, 5.74) is 2.02. The molecule has 0 aliphatic carbocycles. The summed E-state index contributed by atoms with van der Waals surface area (Å²) in [6.45, 7) is 3.12. The largest absolute Gasteiger partial charge is 0.493 e. The Morgan fingerprint density at radius 1 is 1.02 bits per heavy atom. The molecule has 2 N–H and O–H groups in total. The van der Waals surface area contributed by atoms with Gasteiger partial charge < -0.3 is 19.5 Å². The van der Waals surface area contributed by atoms with Crippen molar-refractivity contribution in [3.63, 3.8) is 0 Å². The Morgan fingerprint density at radius 3 is 2.37 bits per heavy atom. The Kier molecular flexibility index (Phi) is 11.1. The molecule has 3 aromatic carbocycles. The summed E-state index contributed by atoms with van der Waals surface area (Å²) in [7, 11) is -1.45. The van der Waals surface area contributed by atoms with Gasteiger partial charge in [0.1, 0.15) is 16.8 Å². The lowest BCUT2D eigenvalue weighted by Crippen LogP contribution is -2.49. The van der Waals surface area contributed by atoms with Crippen LogP contribution in [0.25, 0.3) is 10.9 Å². The Balaban J connectivity index is 1.36. The summed E-state index contributed by atoms with van der Waals surface area (Å²) in [5.74, 6) is -1.53. The third kappa shape index (κ3) is 8.06. The number of fused-ring (bicyclic) bond motifs is 1. The van der Waals surface area contributed by atoms with Crippen molar-refractivity contribution in [1.29, 1.82) is 0 Å². The van der Waals surface area contributed by atoms with Gasteiger partial charge in [0, 0.05) is 24.7 Å². The van der Waals surface area contributed by atoms with Crippen molar-refractivity contribution in [1.82, 2.24) is 19.6 Å². The van der Waals surface area contributed by atoms with Crippen molar-refractivity contribution in [3.05, 3.63) is 93.8 Å². The highest BCUT2D eigenvalue weighted by molar-refractivity contribution is 7.89. The molecule has 0 radical (unpaired) electrons. The normalized spacial score (nSPS) is 12.0. The van der Waals surface area contributed by atoms with Crippen molar-refractivity contribution in [3.8, 4) is 11.5 Å². The maximum absolute atomic E-state index is 14.4. The van der Waals surface area contributed by atoms with E-state index in [0.29, 0.717) is 47.4 Å². The number of ether oxygens (including phenoxy) is 3. The second-order valence-corrected chi connectivity index (χ2v) is 12.0. The molecule has 0 bridgehead atoms. The second kappa shape index (κ2) is 15.0. The molecule has 0 aliphatic rings. The van der Waals surface area contributed by atoms with Gasteiger partial charge in [0.25, 0.3) is 11.5 Å². The summed E-state index contributed by atoms with van der Waals surface area (Å²) < 4.78 is 59.2. The van der Waals surface area contributed by atoms with Gasteiger partial charge in [-0.05, 0) is 68.1 Å². The monoisotopic (exact) mass is 654 g/mol. The first-order valence-corrected chi connectivity index (χ1v) is 15.9. The van der Waals surface area contributed by atoms with Gasteiger partial charge in [0.2, 0.25) is 10.0 Å². The molecular formula is C32H35FN4O8S. The molecule has 244 valence electrons. The molecule has 0 aliphatic heterocycles. The van der Waals surface area contributed by atoms with Crippen molar-refractivity contribution in [2.24, 2.45) is 0 Å². The summed E-state index contributed by atoms with van der Waals surface area (Å²) in [6.07, 6.45) is 2.72. The maximum Gasteiger partial charge on any atom is 0.326 e. The molecule has 14 heteroatoms. The number of halogens is 1. The van der Waals surface area contributed by atoms with E-state index in [0.717, 1.165) is 17.7 Å². The number of amides is 1. The number of rotatable bonds is 14. The molecule has 0 saturated carbocycles. The fraction of sp³-hybridized carbons (Fsp3) is 0.312. The minimum absolute atomic E-state index is 0.0264. The fourth-order valence-corrected chi connectivity index (χ4v) is 5.95. The van der Waals surface area contributed by atoms with Gasteiger partial charge in [-0.2, -0.15) is 4.72 Å². The van der Waals surface area contributed by atoms with E-state index in [-0.39, 0.29) is 17.7 Å². The highest BCUT2D eigenvalue weighted by atomic mass is 32.2. The van der Waals surface area contributed by atoms with Crippen molar-refractivity contribution in [2.45, 2.75) is 44.2 Å². The molecule has 4 aromatic rings. The summed E-state index contributed by atoms with van der Waals surface area (Å²) >= 11 is 0. The van der Waals surface area contributed by atoms with Crippen molar-refractivity contribution in [2.75, 3.05) is 27.4 Å². The van der Waals surface area contributed by atoms with Gasteiger partial charge in [0.05, 0.1) is 38.1 Å². The number of sulfonamides is 1. The molecule has 4 rings (SSSR count). The van der Waals surface area contributed by atoms with Crippen LogP contribution < -0.4 is 25.1 Å². The van der Waals surface area contributed by atoms with Gasteiger partial charge in [-0.25, -0.2) is 17.8 Å². The van der Waals surface area contributed by atoms with Gasteiger partial charge in [0.15, 0.2) is 11.5 Å². The van der Waals surface area contributed by atoms with Crippen LogP contribution in [0.1, 0.15) is 34.8 Å². The Labute approximate surface area is 265 Å². The number of nitrogens with one attached hydrogen (secondary N) is 2. The molecule has 1 amide bonds. The number of hydrogen-bond acceptors (Lipinski definition) is 9. The molecule has 1 unspecified atom stereocenters. The van der Waals surface area contributed by atoms with Crippen LogP contribution in [0.5, 0.6) is 11.5 Å². The minimum atomic E-state index is -4.45. The standard InChI is InChI=1S/C32H35FN4O8S/c1-5-45-32(40)26(36-46(41,42)29-13-8-20(2)15-24(29)33)18-34-30(38)22-11-9-21(10-12-22)7-6-14-37-19-35-25-17-28(44-4)27(43-3)16-23(25)31(37)39/h8-13,15-17,19,26,36H,5-7,14,18H2,1-4H3,(H,34,38). The van der Waals surface area contributed by atoms with E-state index in [9.17, 15) is 27.2 Å². The molecule has 0 saturated heterocycles. The van der Waals surface area contributed by atoms with Crippen molar-refractivity contribution >= 4 is 32.8 Å². The van der Waals surface area contributed by atoms with E-state index in [1.54, 1.807) is 50.2 Å². The lowest BCUT2D eigenvalue weighted by atomic mass is 10.1. The minimum Gasteiger partial charge on any atom is -0.493 e. The zero-order valence-corrected chi connectivity index (χ0v) is 26.6. The Morgan fingerprint density at radius 2 is 1.72 bits per heavy atom. The molecule has 1 atom stereocenters. The number of hydrogen-bond donors (Lipinski definition) is 2. The SMILES string of the molecule is CCOC(=O)C(CNC(=O)c1ccc(CCCn2cnc3cc(OC)c(OC)cc3c2=O)cc1)NS(=O)(=O)c1ccc(C)cc1F. The third-order valence-electron chi connectivity index (χ3n) is 7.12. The van der Waals surface area contributed by atoms with Crippen LogP contribution in [0.3, 0.4) is 0 Å². The zero-order valence-electron chi connectivity index (χ0n) is 25.8. The molecule has 1 aromatic heterocycles.